The van der Waals surface area contributed by atoms with Crippen molar-refractivity contribution in [1.82, 2.24) is 4.98 Å². The van der Waals surface area contributed by atoms with Crippen LogP contribution in [0.3, 0.4) is 0 Å². The molecule has 7 heteroatoms. The molecule has 0 aliphatic rings. The predicted molar refractivity (Wildman–Crippen MR) is 66.1 cm³/mol. The Balaban J connectivity index is 2.58. The number of ether oxygens (including phenoxy) is 1. The van der Waals surface area contributed by atoms with Gasteiger partial charge < -0.3 is 4.74 Å². The summed E-state index contributed by atoms with van der Waals surface area (Å²) in [5.41, 5.74) is -0.838. The first-order chi connectivity index (χ1) is 8.30. The zero-order chi connectivity index (χ0) is 13.8. The molecule has 1 aromatic heterocycles. The number of halogens is 4. The van der Waals surface area contributed by atoms with Crippen molar-refractivity contribution >= 4 is 23.4 Å². The van der Waals surface area contributed by atoms with Gasteiger partial charge in [-0.15, -0.1) is 11.8 Å². The lowest BCUT2D eigenvalue weighted by Crippen LogP contribution is -2.07. The minimum Gasteiger partial charge on any atom is -0.378 e. The summed E-state index contributed by atoms with van der Waals surface area (Å²) in [6.07, 6.45) is -3.50. The van der Waals surface area contributed by atoms with E-state index in [-0.39, 0.29) is 11.1 Å². The van der Waals surface area contributed by atoms with E-state index in [2.05, 4.69) is 4.98 Å². The molecule has 0 aliphatic heterocycles. The van der Waals surface area contributed by atoms with Gasteiger partial charge in [0.2, 0.25) is 0 Å². The first kappa shape index (κ1) is 15.6. The highest BCUT2D eigenvalue weighted by Gasteiger charge is 2.31. The SMILES string of the molecule is CC(C)OCCSc1ncc(C(F)(F)F)cc1Cl. The average Bonchev–Trinajstić information content (AvgIpc) is 2.24. The lowest BCUT2D eigenvalue weighted by molar-refractivity contribution is -0.137. The molecule has 0 spiro atoms. The molecule has 0 radical (unpaired) electrons. The summed E-state index contributed by atoms with van der Waals surface area (Å²) in [6, 6.07) is 0.889. The van der Waals surface area contributed by atoms with E-state index < -0.39 is 11.7 Å². The van der Waals surface area contributed by atoms with Crippen LogP contribution in [0, 0.1) is 0 Å². The van der Waals surface area contributed by atoms with Crippen molar-refractivity contribution in [2.45, 2.75) is 31.2 Å². The number of aromatic nitrogens is 1. The highest BCUT2D eigenvalue weighted by Crippen LogP contribution is 2.33. The fraction of sp³-hybridized carbons (Fsp3) is 0.545. The Morgan fingerprint density at radius 3 is 2.61 bits per heavy atom. The third-order valence-corrected chi connectivity index (χ3v) is 3.28. The number of rotatable bonds is 5. The molecule has 0 aromatic carbocycles. The van der Waals surface area contributed by atoms with Crippen molar-refractivity contribution in [1.29, 1.82) is 0 Å². The summed E-state index contributed by atoms with van der Waals surface area (Å²) < 4.78 is 42.4. The standard InChI is InChI=1S/C11H13ClF3NOS/c1-7(2)17-3-4-18-10-9(12)5-8(6-16-10)11(13,14)15/h5-7H,3-4H2,1-2H3. The third kappa shape index (κ3) is 5.04. The van der Waals surface area contributed by atoms with E-state index in [0.717, 1.165) is 12.3 Å². The van der Waals surface area contributed by atoms with Crippen LogP contribution in [0.25, 0.3) is 0 Å². The van der Waals surface area contributed by atoms with Gasteiger partial charge in [-0.25, -0.2) is 4.98 Å². The molecule has 0 amide bonds. The fourth-order valence-corrected chi connectivity index (χ4v) is 2.14. The molecular weight excluding hydrogens is 287 g/mol. The van der Waals surface area contributed by atoms with E-state index >= 15 is 0 Å². The maximum absolute atomic E-state index is 12.4. The zero-order valence-electron chi connectivity index (χ0n) is 9.92. The van der Waals surface area contributed by atoms with Crippen LogP contribution in [-0.4, -0.2) is 23.4 Å². The van der Waals surface area contributed by atoms with E-state index in [1.165, 1.54) is 11.8 Å². The molecule has 0 saturated carbocycles. The zero-order valence-corrected chi connectivity index (χ0v) is 11.5. The van der Waals surface area contributed by atoms with E-state index in [1.807, 2.05) is 13.8 Å². The van der Waals surface area contributed by atoms with Crippen LogP contribution in [0.15, 0.2) is 17.3 Å². The van der Waals surface area contributed by atoms with Crippen molar-refractivity contribution in [3.63, 3.8) is 0 Å². The van der Waals surface area contributed by atoms with Crippen LogP contribution in [0.5, 0.6) is 0 Å². The van der Waals surface area contributed by atoms with Crippen LogP contribution in [-0.2, 0) is 10.9 Å². The molecule has 0 unspecified atom stereocenters. The predicted octanol–water partition coefficient (Wildman–Crippen LogP) is 4.27. The van der Waals surface area contributed by atoms with E-state index in [0.29, 0.717) is 17.4 Å². The van der Waals surface area contributed by atoms with Crippen molar-refractivity contribution in [3.05, 3.63) is 22.8 Å². The topological polar surface area (TPSA) is 22.1 Å². The van der Waals surface area contributed by atoms with E-state index in [9.17, 15) is 13.2 Å². The molecule has 0 bridgehead atoms. The molecule has 2 nitrogen and oxygen atoms in total. The van der Waals surface area contributed by atoms with Crippen molar-refractivity contribution in [3.8, 4) is 0 Å². The minimum atomic E-state index is -4.42. The van der Waals surface area contributed by atoms with Crippen molar-refractivity contribution in [2.24, 2.45) is 0 Å². The molecule has 0 aliphatic carbocycles. The summed E-state index contributed by atoms with van der Waals surface area (Å²) in [6.45, 7) is 4.32. The summed E-state index contributed by atoms with van der Waals surface area (Å²) >= 11 is 7.03. The third-order valence-electron chi connectivity index (χ3n) is 1.91. The molecular formula is C11H13ClF3NOS. The molecule has 0 fully saturated rings. The number of thioether (sulfide) groups is 1. The minimum absolute atomic E-state index is 0.0133. The fourth-order valence-electron chi connectivity index (χ4n) is 1.11. The maximum atomic E-state index is 12.4. The van der Waals surface area contributed by atoms with Gasteiger partial charge in [-0.2, -0.15) is 13.2 Å². The molecule has 18 heavy (non-hydrogen) atoms. The quantitative estimate of drug-likeness (QED) is 0.599. The number of hydrogen-bond donors (Lipinski definition) is 0. The van der Waals surface area contributed by atoms with Crippen LogP contribution in [0.1, 0.15) is 19.4 Å². The molecule has 1 heterocycles. The summed E-state index contributed by atoms with van der Waals surface area (Å²) in [5, 5.41) is 0.399. The highest BCUT2D eigenvalue weighted by atomic mass is 35.5. The Hall–Kier alpha value is -0.460. The number of pyridine rings is 1. The second-order valence-electron chi connectivity index (χ2n) is 3.78. The lowest BCUT2D eigenvalue weighted by Gasteiger charge is -2.09. The second kappa shape index (κ2) is 6.63. The molecule has 102 valence electrons. The van der Waals surface area contributed by atoms with Gasteiger partial charge in [-0.1, -0.05) is 11.6 Å². The van der Waals surface area contributed by atoms with Crippen molar-refractivity contribution < 1.29 is 17.9 Å². The summed E-state index contributed by atoms with van der Waals surface area (Å²) in [4.78, 5) is 3.72. The van der Waals surface area contributed by atoms with E-state index in [1.54, 1.807) is 0 Å². The first-order valence-corrected chi connectivity index (χ1v) is 6.64. The van der Waals surface area contributed by atoms with Crippen LogP contribution in [0.4, 0.5) is 13.2 Å². The van der Waals surface area contributed by atoms with Gasteiger partial charge in [0.1, 0.15) is 5.03 Å². The van der Waals surface area contributed by atoms with Gasteiger partial charge in [0.15, 0.2) is 0 Å². The average molecular weight is 300 g/mol. The smallest absolute Gasteiger partial charge is 0.378 e. The van der Waals surface area contributed by atoms with Gasteiger partial charge in [-0.3, -0.25) is 0 Å². The molecule has 1 rings (SSSR count). The number of hydrogen-bond acceptors (Lipinski definition) is 3. The molecule has 0 N–H and O–H groups in total. The van der Waals surface area contributed by atoms with Gasteiger partial charge in [0.05, 0.1) is 23.3 Å². The normalized spacial score (nSPS) is 12.2. The number of nitrogens with zero attached hydrogens (tertiary/aromatic N) is 1. The Bertz CT molecular complexity index is 398. The Labute approximate surface area is 113 Å². The molecule has 1 aromatic rings. The Morgan fingerprint density at radius 2 is 2.11 bits per heavy atom. The van der Waals surface area contributed by atoms with Crippen LogP contribution < -0.4 is 0 Å². The Morgan fingerprint density at radius 1 is 1.44 bits per heavy atom. The van der Waals surface area contributed by atoms with Crippen LogP contribution in [0.2, 0.25) is 5.02 Å². The lowest BCUT2D eigenvalue weighted by atomic mass is 10.3. The van der Waals surface area contributed by atoms with Gasteiger partial charge >= 0.3 is 6.18 Å². The molecule has 0 atom stereocenters. The first-order valence-electron chi connectivity index (χ1n) is 5.28. The van der Waals surface area contributed by atoms with Gasteiger partial charge in [-0.05, 0) is 19.9 Å². The maximum Gasteiger partial charge on any atom is 0.417 e. The second-order valence-corrected chi connectivity index (χ2v) is 5.27. The van der Waals surface area contributed by atoms with Gasteiger partial charge in [0, 0.05) is 11.9 Å². The monoisotopic (exact) mass is 299 g/mol. The van der Waals surface area contributed by atoms with Gasteiger partial charge in [0.25, 0.3) is 0 Å². The van der Waals surface area contributed by atoms with Crippen LogP contribution >= 0.6 is 23.4 Å². The highest BCUT2D eigenvalue weighted by molar-refractivity contribution is 7.99. The largest absolute Gasteiger partial charge is 0.417 e. The summed E-state index contributed by atoms with van der Waals surface area (Å²) in [5.74, 6) is 0.594. The van der Waals surface area contributed by atoms with E-state index in [4.69, 9.17) is 16.3 Å². The molecule has 0 saturated heterocycles. The Kier molecular flexibility index (Phi) is 5.75. The summed E-state index contributed by atoms with van der Waals surface area (Å²) in [7, 11) is 0. The van der Waals surface area contributed by atoms with Crippen molar-refractivity contribution in [2.75, 3.05) is 12.4 Å². The number of alkyl halides is 3.